The minimum Gasteiger partial charge on any atom is -0.300 e. The highest BCUT2D eigenvalue weighted by molar-refractivity contribution is 7.88. The maximum absolute atomic E-state index is 11.4. The average molecular weight is 270 g/mol. The molecular formula is C13H22N2O2S. The Hall–Kier alpha value is -0.390. The Balaban J connectivity index is 1.50. The zero-order valence-corrected chi connectivity index (χ0v) is 11.8. The van der Waals surface area contributed by atoms with Crippen molar-refractivity contribution in [2.45, 2.75) is 12.8 Å². The summed E-state index contributed by atoms with van der Waals surface area (Å²) < 4.78 is 24.5. The molecule has 2 bridgehead atoms. The van der Waals surface area contributed by atoms with Gasteiger partial charge in [0.1, 0.15) is 0 Å². The molecule has 1 saturated carbocycles. The maximum atomic E-state index is 11.4. The standard InChI is InChI=1S/C13H22N2O2S/c1-18(16,17)15-6-4-14(5-7-15)10-13-9-11-2-3-12(13)8-11/h2-3,11-13H,4-10H2,1H3/t11-,12-,13-/m0/s1. The Morgan fingerprint density at radius 3 is 2.33 bits per heavy atom. The number of hydrogen-bond donors (Lipinski definition) is 0. The Morgan fingerprint density at radius 2 is 1.83 bits per heavy atom. The van der Waals surface area contributed by atoms with Gasteiger partial charge in [0.15, 0.2) is 0 Å². The van der Waals surface area contributed by atoms with Crippen LogP contribution in [0, 0.1) is 17.8 Å². The molecule has 0 aromatic carbocycles. The van der Waals surface area contributed by atoms with E-state index in [1.807, 2.05) is 0 Å². The monoisotopic (exact) mass is 270 g/mol. The average Bonchev–Trinajstić information content (AvgIpc) is 2.90. The molecule has 102 valence electrons. The van der Waals surface area contributed by atoms with E-state index in [0.717, 1.165) is 37.4 Å². The van der Waals surface area contributed by atoms with Crippen molar-refractivity contribution < 1.29 is 8.42 Å². The Morgan fingerprint density at radius 1 is 1.11 bits per heavy atom. The molecule has 0 N–H and O–H groups in total. The van der Waals surface area contributed by atoms with E-state index in [9.17, 15) is 8.42 Å². The molecular weight excluding hydrogens is 248 g/mol. The van der Waals surface area contributed by atoms with E-state index < -0.39 is 10.0 Å². The Kier molecular flexibility index (Phi) is 3.24. The quantitative estimate of drug-likeness (QED) is 0.712. The third-order valence-electron chi connectivity index (χ3n) is 4.71. The second-order valence-electron chi connectivity index (χ2n) is 6.00. The first-order valence-electron chi connectivity index (χ1n) is 6.88. The lowest BCUT2D eigenvalue weighted by Crippen LogP contribution is -2.49. The third kappa shape index (κ3) is 2.49. The summed E-state index contributed by atoms with van der Waals surface area (Å²) in [7, 11) is -2.99. The van der Waals surface area contributed by atoms with Gasteiger partial charge in [0, 0.05) is 32.7 Å². The highest BCUT2D eigenvalue weighted by Crippen LogP contribution is 2.43. The van der Waals surface area contributed by atoms with E-state index >= 15 is 0 Å². The molecule has 4 nitrogen and oxygen atoms in total. The van der Waals surface area contributed by atoms with Crippen LogP contribution in [0.15, 0.2) is 12.2 Å². The van der Waals surface area contributed by atoms with Crippen LogP contribution < -0.4 is 0 Å². The number of sulfonamides is 1. The third-order valence-corrected chi connectivity index (χ3v) is 6.01. The van der Waals surface area contributed by atoms with Crippen LogP contribution in [0.1, 0.15) is 12.8 Å². The minimum atomic E-state index is -2.99. The van der Waals surface area contributed by atoms with Gasteiger partial charge in [-0.2, -0.15) is 4.31 Å². The van der Waals surface area contributed by atoms with Crippen LogP contribution in [0.25, 0.3) is 0 Å². The Labute approximate surface area is 110 Å². The van der Waals surface area contributed by atoms with Crippen LogP contribution in [0.2, 0.25) is 0 Å². The number of rotatable bonds is 3. The lowest BCUT2D eigenvalue weighted by molar-refractivity contribution is 0.156. The van der Waals surface area contributed by atoms with Crippen LogP contribution >= 0.6 is 0 Å². The summed E-state index contributed by atoms with van der Waals surface area (Å²) in [5.41, 5.74) is 0. The number of fused-ring (bicyclic) bond motifs is 2. The molecule has 0 aromatic rings. The van der Waals surface area contributed by atoms with Gasteiger partial charge in [-0.25, -0.2) is 8.42 Å². The maximum Gasteiger partial charge on any atom is 0.211 e. The van der Waals surface area contributed by atoms with Crippen LogP contribution in [0.4, 0.5) is 0 Å². The van der Waals surface area contributed by atoms with E-state index in [-0.39, 0.29) is 0 Å². The largest absolute Gasteiger partial charge is 0.300 e. The first-order valence-corrected chi connectivity index (χ1v) is 8.73. The topological polar surface area (TPSA) is 40.6 Å². The molecule has 3 atom stereocenters. The summed E-state index contributed by atoms with van der Waals surface area (Å²) in [5.74, 6) is 2.44. The van der Waals surface area contributed by atoms with Gasteiger partial charge < -0.3 is 4.90 Å². The second kappa shape index (κ2) is 4.62. The van der Waals surface area contributed by atoms with Gasteiger partial charge in [0.05, 0.1) is 6.26 Å². The number of hydrogen-bond acceptors (Lipinski definition) is 3. The molecule has 0 amide bonds. The zero-order valence-electron chi connectivity index (χ0n) is 11.0. The molecule has 3 aliphatic rings. The lowest BCUT2D eigenvalue weighted by atomic mass is 9.93. The van der Waals surface area contributed by atoms with Crippen molar-refractivity contribution in [3.05, 3.63) is 12.2 Å². The van der Waals surface area contributed by atoms with Crippen molar-refractivity contribution in [1.82, 2.24) is 9.21 Å². The molecule has 1 heterocycles. The first kappa shape index (κ1) is 12.6. The molecule has 3 rings (SSSR count). The second-order valence-corrected chi connectivity index (χ2v) is 7.99. The van der Waals surface area contributed by atoms with Crippen molar-refractivity contribution in [2.24, 2.45) is 17.8 Å². The van der Waals surface area contributed by atoms with Crippen LogP contribution in [0.5, 0.6) is 0 Å². The molecule has 0 radical (unpaired) electrons. The molecule has 0 spiro atoms. The number of allylic oxidation sites excluding steroid dienone is 2. The van der Waals surface area contributed by atoms with E-state index in [2.05, 4.69) is 17.1 Å². The summed E-state index contributed by atoms with van der Waals surface area (Å²) in [5, 5.41) is 0. The number of nitrogens with zero attached hydrogens (tertiary/aromatic N) is 2. The van der Waals surface area contributed by atoms with Gasteiger partial charge in [-0.15, -0.1) is 0 Å². The fraction of sp³-hybridized carbons (Fsp3) is 0.846. The predicted octanol–water partition coefficient (Wildman–Crippen LogP) is 0.776. The van der Waals surface area contributed by atoms with Crippen molar-refractivity contribution in [1.29, 1.82) is 0 Å². The molecule has 0 aromatic heterocycles. The van der Waals surface area contributed by atoms with Gasteiger partial charge in [0.25, 0.3) is 0 Å². The Bertz CT molecular complexity index is 438. The summed E-state index contributed by atoms with van der Waals surface area (Å²) in [4.78, 5) is 2.45. The van der Waals surface area contributed by atoms with Crippen molar-refractivity contribution in [3.63, 3.8) is 0 Å². The SMILES string of the molecule is CS(=O)(=O)N1CCN(C[C@@H]2C[C@H]3C=C[C@H]2C3)CC1. The smallest absolute Gasteiger partial charge is 0.211 e. The molecule has 2 aliphatic carbocycles. The van der Waals surface area contributed by atoms with Crippen molar-refractivity contribution in [3.8, 4) is 0 Å². The normalized spacial score (nSPS) is 37.5. The molecule has 5 heteroatoms. The van der Waals surface area contributed by atoms with Crippen LogP contribution in [-0.2, 0) is 10.0 Å². The summed E-state index contributed by atoms with van der Waals surface area (Å²) in [6, 6.07) is 0. The highest BCUT2D eigenvalue weighted by Gasteiger charge is 2.37. The molecule has 2 fully saturated rings. The van der Waals surface area contributed by atoms with Gasteiger partial charge in [-0.1, -0.05) is 12.2 Å². The van der Waals surface area contributed by atoms with E-state index in [1.54, 1.807) is 4.31 Å². The fourth-order valence-corrected chi connectivity index (χ4v) is 4.51. The van der Waals surface area contributed by atoms with Crippen LogP contribution in [0.3, 0.4) is 0 Å². The zero-order chi connectivity index (χ0) is 12.8. The molecule has 0 unspecified atom stereocenters. The van der Waals surface area contributed by atoms with Crippen molar-refractivity contribution >= 4 is 10.0 Å². The predicted molar refractivity (Wildman–Crippen MR) is 71.7 cm³/mol. The summed E-state index contributed by atoms with van der Waals surface area (Å²) >= 11 is 0. The van der Waals surface area contributed by atoms with Crippen LogP contribution in [-0.4, -0.2) is 56.6 Å². The molecule has 18 heavy (non-hydrogen) atoms. The van der Waals surface area contributed by atoms with E-state index in [4.69, 9.17) is 0 Å². The number of piperazine rings is 1. The van der Waals surface area contributed by atoms with Crippen molar-refractivity contribution in [2.75, 3.05) is 39.0 Å². The molecule has 1 aliphatic heterocycles. The van der Waals surface area contributed by atoms with E-state index in [0.29, 0.717) is 13.1 Å². The first-order chi connectivity index (χ1) is 8.52. The van der Waals surface area contributed by atoms with Gasteiger partial charge in [-0.05, 0) is 30.6 Å². The summed E-state index contributed by atoms with van der Waals surface area (Å²) in [6.45, 7) is 4.27. The minimum absolute atomic E-state index is 0.662. The lowest BCUT2D eigenvalue weighted by Gasteiger charge is -2.35. The summed E-state index contributed by atoms with van der Waals surface area (Å²) in [6.07, 6.45) is 8.78. The van der Waals surface area contributed by atoms with Gasteiger partial charge in [0.2, 0.25) is 10.0 Å². The van der Waals surface area contributed by atoms with Gasteiger partial charge >= 0.3 is 0 Å². The highest BCUT2D eigenvalue weighted by atomic mass is 32.2. The fourth-order valence-electron chi connectivity index (χ4n) is 3.68. The van der Waals surface area contributed by atoms with Gasteiger partial charge in [-0.3, -0.25) is 0 Å². The van der Waals surface area contributed by atoms with E-state index in [1.165, 1.54) is 19.1 Å². The molecule has 1 saturated heterocycles.